The molecule has 4 nitrogen and oxygen atoms in total. The average Bonchev–Trinajstić information content (AvgIpc) is 3.24. The molecule has 0 spiro atoms. The fourth-order valence-electron chi connectivity index (χ4n) is 4.36. The number of hydrogen-bond donors (Lipinski definition) is 1. The zero-order valence-corrected chi connectivity index (χ0v) is 17.6. The molecule has 1 fully saturated rings. The summed E-state index contributed by atoms with van der Waals surface area (Å²) in [5.74, 6) is -0.0977. The number of rotatable bonds is 7. The molecule has 1 unspecified atom stereocenters. The molecular weight excluding hydrogens is 368 g/mol. The van der Waals surface area contributed by atoms with Crippen molar-refractivity contribution in [1.29, 1.82) is 0 Å². The van der Waals surface area contributed by atoms with Crippen LogP contribution >= 0.6 is 11.3 Å². The zero-order chi connectivity index (χ0) is 20.1. The predicted octanol–water partition coefficient (Wildman–Crippen LogP) is 4.49. The Bertz CT molecular complexity index is 814. The highest BCUT2D eigenvalue weighted by molar-refractivity contribution is 7.13. The lowest BCUT2D eigenvalue weighted by Crippen LogP contribution is -2.54. The summed E-state index contributed by atoms with van der Waals surface area (Å²) in [6.45, 7) is 5.25. The Morgan fingerprint density at radius 3 is 2.57 bits per heavy atom. The van der Waals surface area contributed by atoms with Crippen molar-refractivity contribution >= 4 is 23.2 Å². The number of benzene rings is 1. The Morgan fingerprint density at radius 2 is 1.93 bits per heavy atom. The highest BCUT2D eigenvalue weighted by Crippen LogP contribution is 2.38. The first kappa shape index (κ1) is 20.6. The van der Waals surface area contributed by atoms with Crippen molar-refractivity contribution < 1.29 is 9.59 Å². The molecular formula is C23H30N2O2S. The molecule has 1 aromatic heterocycles. The summed E-state index contributed by atoms with van der Waals surface area (Å²) >= 11 is 1.69. The van der Waals surface area contributed by atoms with Gasteiger partial charge in [0, 0.05) is 23.9 Å². The van der Waals surface area contributed by atoms with Crippen molar-refractivity contribution in [1.82, 2.24) is 4.90 Å². The molecule has 0 radical (unpaired) electrons. The Morgan fingerprint density at radius 1 is 1.18 bits per heavy atom. The normalized spacial score (nSPS) is 19.8. The topological polar surface area (TPSA) is 63.4 Å². The number of amides is 2. The van der Waals surface area contributed by atoms with E-state index in [0.717, 1.165) is 43.4 Å². The number of hydrogen-bond acceptors (Lipinski definition) is 3. The molecule has 1 saturated heterocycles. The maximum Gasteiger partial charge on any atom is 0.225 e. The summed E-state index contributed by atoms with van der Waals surface area (Å²) in [5, 5.41) is 2.06. The SMILES string of the molecule is CCC(CC)C(=O)N1CCCC(Cc2ccccc2-c2cccs2)(C(N)=O)C1. The van der Waals surface area contributed by atoms with Gasteiger partial charge in [0.1, 0.15) is 0 Å². The molecule has 28 heavy (non-hydrogen) atoms. The lowest BCUT2D eigenvalue weighted by atomic mass is 9.73. The number of likely N-dealkylation sites (tertiary alicyclic amines) is 1. The van der Waals surface area contributed by atoms with Gasteiger partial charge < -0.3 is 10.6 Å². The first-order valence-corrected chi connectivity index (χ1v) is 11.1. The van der Waals surface area contributed by atoms with Gasteiger partial charge in [-0.2, -0.15) is 0 Å². The van der Waals surface area contributed by atoms with Gasteiger partial charge in [0.05, 0.1) is 5.41 Å². The van der Waals surface area contributed by atoms with Crippen LogP contribution in [0.1, 0.15) is 45.1 Å². The van der Waals surface area contributed by atoms with Gasteiger partial charge in [-0.15, -0.1) is 11.3 Å². The van der Waals surface area contributed by atoms with Crippen LogP contribution in [0.25, 0.3) is 10.4 Å². The summed E-state index contributed by atoms with van der Waals surface area (Å²) in [7, 11) is 0. The highest BCUT2D eigenvalue weighted by atomic mass is 32.1. The number of nitrogens with zero attached hydrogens (tertiary/aromatic N) is 1. The standard InChI is InChI=1S/C23H30N2O2S/c1-3-17(4-2)21(26)25-13-8-12-23(16-25,22(24)27)15-18-9-5-6-10-19(18)20-11-7-14-28-20/h5-7,9-11,14,17H,3-4,8,12-13,15-16H2,1-2H3,(H2,24,27). The quantitative estimate of drug-likeness (QED) is 0.747. The van der Waals surface area contributed by atoms with E-state index in [2.05, 4.69) is 37.4 Å². The van der Waals surface area contributed by atoms with Crippen LogP contribution in [0, 0.1) is 11.3 Å². The molecule has 1 aromatic carbocycles. The van der Waals surface area contributed by atoms with E-state index in [1.165, 1.54) is 4.88 Å². The van der Waals surface area contributed by atoms with E-state index in [1.54, 1.807) is 11.3 Å². The summed E-state index contributed by atoms with van der Waals surface area (Å²) in [6, 6.07) is 12.4. The molecule has 1 atom stereocenters. The molecule has 1 aliphatic rings. The second-order valence-corrected chi connectivity index (χ2v) is 8.78. The molecule has 2 aromatic rings. The van der Waals surface area contributed by atoms with Gasteiger partial charge in [-0.25, -0.2) is 0 Å². The molecule has 2 heterocycles. The van der Waals surface area contributed by atoms with Gasteiger partial charge in [-0.3, -0.25) is 9.59 Å². The van der Waals surface area contributed by atoms with Gasteiger partial charge >= 0.3 is 0 Å². The second kappa shape index (κ2) is 8.91. The molecule has 0 bridgehead atoms. The fourth-order valence-corrected chi connectivity index (χ4v) is 5.15. The van der Waals surface area contributed by atoms with Crippen LogP contribution < -0.4 is 5.73 Å². The van der Waals surface area contributed by atoms with Crippen molar-refractivity contribution in [2.24, 2.45) is 17.1 Å². The lowest BCUT2D eigenvalue weighted by Gasteiger charge is -2.42. The molecule has 2 N–H and O–H groups in total. The first-order chi connectivity index (χ1) is 13.5. The third-order valence-corrected chi connectivity index (χ3v) is 6.98. The van der Waals surface area contributed by atoms with E-state index in [9.17, 15) is 9.59 Å². The van der Waals surface area contributed by atoms with Crippen LogP contribution in [0.5, 0.6) is 0 Å². The van der Waals surface area contributed by atoms with E-state index in [-0.39, 0.29) is 17.7 Å². The molecule has 3 rings (SSSR count). The van der Waals surface area contributed by atoms with E-state index in [4.69, 9.17) is 5.73 Å². The number of thiophene rings is 1. The maximum absolute atomic E-state index is 13.0. The van der Waals surface area contributed by atoms with Crippen LogP contribution in [0.4, 0.5) is 0 Å². The number of carbonyl (C=O) groups is 2. The number of carbonyl (C=O) groups excluding carboxylic acids is 2. The molecule has 1 aliphatic heterocycles. The summed E-state index contributed by atoms with van der Waals surface area (Å²) in [5.41, 5.74) is 7.53. The van der Waals surface area contributed by atoms with Crippen molar-refractivity contribution in [2.75, 3.05) is 13.1 Å². The van der Waals surface area contributed by atoms with Crippen molar-refractivity contribution in [3.05, 3.63) is 47.3 Å². The molecule has 5 heteroatoms. The van der Waals surface area contributed by atoms with Crippen LogP contribution in [0.3, 0.4) is 0 Å². The molecule has 150 valence electrons. The van der Waals surface area contributed by atoms with Gasteiger partial charge in [0.15, 0.2) is 0 Å². The first-order valence-electron chi connectivity index (χ1n) is 10.2. The van der Waals surface area contributed by atoms with E-state index < -0.39 is 5.41 Å². The molecule has 0 aliphatic carbocycles. The lowest BCUT2D eigenvalue weighted by molar-refractivity contribution is -0.143. The van der Waals surface area contributed by atoms with Crippen molar-refractivity contribution in [3.63, 3.8) is 0 Å². The Kier molecular flexibility index (Phi) is 6.55. The number of piperidine rings is 1. The fraction of sp³-hybridized carbons (Fsp3) is 0.478. The average molecular weight is 399 g/mol. The van der Waals surface area contributed by atoms with Gasteiger partial charge in [0.25, 0.3) is 0 Å². The summed E-state index contributed by atoms with van der Waals surface area (Å²) < 4.78 is 0. The summed E-state index contributed by atoms with van der Waals surface area (Å²) in [4.78, 5) is 28.7. The minimum atomic E-state index is -0.701. The largest absolute Gasteiger partial charge is 0.369 e. The maximum atomic E-state index is 13.0. The monoisotopic (exact) mass is 398 g/mol. The second-order valence-electron chi connectivity index (χ2n) is 7.83. The van der Waals surface area contributed by atoms with Gasteiger partial charge in [0.2, 0.25) is 11.8 Å². The summed E-state index contributed by atoms with van der Waals surface area (Å²) in [6.07, 6.45) is 3.78. The molecule has 0 saturated carbocycles. The van der Waals surface area contributed by atoms with Crippen LogP contribution in [-0.4, -0.2) is 29.8 Å². The van der Waals surface area contributed by atoms with Crippen LogP contribution in [0.2, 0.25) is 0 Å². The van der Waals surface area contributed by atoms with Crippen molar-refractivity contribution in [2.45, 2.75) is 46.0 Å². The zero-order valence-electron chi connectivity index (χ0n) is 16.8. The van der Waals surface area contributed by atoms with Crippen molar-refractivity contribution in [3.8, 4) is 10.4 Å². The van der Waals surface area contributed by atoms with E-state index in [1.807, 2.05) is 23.1 Å². The Labute approximate surface area is 171 Å². The number of nitrogens with two attached hydrogens (primary N) is 1. The Balaban J connectivity index is 1.90. The van der Waals surface area contributed by atoms with Gasteiger partial charge in [-0.1, -0.05) is 44.2 Å². The minimum Gasteiger partial charge on any atom is -0.369 e. The van der Waals surface area contributed by atoms with Crippen LogP contribution in [0.15, 0.2) is 41.8 Å². The minimum absolute atomic E-state index is 0.0297. The third kappa shape index (κ3) is 4.14. The van der Waals surface area contributed by atoms with E-state index in [0.29, 0.717) is 13.0 Å². The third-order valence-electron chi connectivity index (χ3n) is 6.08. The number of primary amides is 1. The van der Waals surface area contributed by atoms with E-state index >= 15 is 0 Å². The smallest absolute Gasteiger partial charge is 0.225 e. The predicted molar refractivity (Wildman–Crippen MR) is 115 cm³/mol. The van der Waals surface area contributed by atoms with Crippen LogP contribution in [-0.2, 0) is 16.0 Å². The highest BCUT2D eigenvalue weighted by Gasteiger charge is 2.43. The van der Waals surface area contributed by atoms with Gasteiger partial charge in [-0.05, 0) is 54.7 Å². The molecule has 2 amide bonds. The Hall–Kier alpha value is -2.14.